The zero-order valence-electron chi connectivity index (χ0n) is 10.4. The normalized spacial score (nSPS) is 10.1. The van der Waals surface area contributed by atoms with Crippen LogP contribution in [0.5, 0.6) is 0 Å². The number of benzene rings is 1. The molecule has 18 heavy (non-hydrogen) atoms. The fourth-order valence-corrected chi connectivity index (χ4v) is 1.66. The minimum atomic E-state index is 0.120. The van der Waals surface area contributed by atoms with Gasteiger partial charge in [0.1, 0.15) is 5.82 Å². The summed E-state index contributed by atoms with van der Waals surface area (Å²) in [7, 11) is 1.91. The molecule has 0 spiro atoms. The van der Waals surface area contributed by atoms with E-state index in [1.165, 1.54) is 0 Å². The minimum absolute atomic E-state index is 0.120. The van der Waals surface area contributed by atoms with Crippen molar-refractivity contribution in [1.29, 1.82) is 0 Å². The summed E-state index contributed by atoms with van der Waals surface area (Å²) in [5.41, 5.74) is 2.02. The molecule has 94 valence electrons. The van der Waals surface area contributed by atoms with Crippen molar-refractivity contribution in [1.82, 2.24) is 4.98 Å². The number of pyridine rings is 1. The summed E-state index contributed by atoms with van der Waals surface area (Å²) in [6.07, 6.45) is 1.76. The van der Waals surface area contributed by atoms with Gasteiger partial charge in [0.25, 0.3) is 0 Å². The maximum atomic E-state index is 8.92. The maximum Gasteiger partial charge on any atom is 0.130 e. The number of rotatable bonds is 5. The van der Waals surface area contributed by atoms with Gasteiger partial charge in [0.05, 0.1) is 6.61 Å². The molecule has 2 rings (SSSR count). The van der Waals surface area contributed by atoms with Crippen LogP contribution < -0.4 is 10.2 Å². The average Bonchev–Trinajstić information content (AvgIpc) is 2.40. The Hall–Kier alpha value is -2.07. The maximum absolute atomic E-state index is 8.92. The van der Waals surface area contributed by atoms with Gasteiger partial charge < -0.3 is 15.3 Å². The second-order valence-corrected chi connectivity index (χ2v) is 4.04. The highest BCUT2D eigenvalue weighted by Gasteiger charge is 2.02. The van der Waals surface area contributed by atoms with Crippen molar-refractivity contribution in [2.24, 2.45) is 0 Å². The van der Waals surface area contributed by atoms with Crippen LogP contribution in [0.15, 0.2) is 48.7 Å². The summed E-state index contributed by atoms with van der Waals surface area (Å²) in [5, 5.41) is 12.2. The lowest BCUT2D eigenvalue weighted by molar-refractivity contribution is 0.304. The third kappa shape index (κ3) is 3.21. The second kappa shape index (κ2) is 6.02. The quantitative estimate of drug-likeness (QED) is 0.845. The lowest BCUT2D eigenvalue weighted by atomic mass is 10.3. The molecular weight excluding hydrogens is 226 g/mol. The van der Waals surface area contributed by atoms with Crippen molar-refractivity contribution in [3.63, 3.8) is 0 Å². The van der Waals surface area contributed by atoms with Gasteiger partial charge >= 0.3 is 0 Å². The summed E-state index contributed by atoms with van der Waals surface area (Å²) in [6, 6.07) is 13.9. The van der Waals surface area contributed by atoms with E-state index in [0.717, 1.165) is 17.2 Å². The Morgan fingerprint density at radius 3 is 2.67 bits per heavy atom. The third-order valence-electron chi connectivity index (χ3n) is 2.63. The van der Waals surface area contributed by atoms with E-state index in [9.17, 15) is 0 Å². The number of para-hydroxylation sites is 1. The van der Waals surface area contributed by atoms with E-state index >= 15 is 0 Å². The Morgan fingerprint density at radius 1 is 1.17 bits per heavy atom. The number of hydrogen-bond donors (Lipinski definition) is 2. The zero-order valence-corrected chi connectivity index (χ0v) is 10.4. The van der Waals surface area contributed by atoms with Gasteiger partial charge in [-0.3, -0.25) is 0 Å². The van der Waals surface area contributed by atoms with Crippen LogP contribution in [0.25, 0.3) is 0 Å². The van der Waals surface area contributed by atoms with E-state index in [-0.39, 0.29) is 6.61 Å². The molecule has 4 nitrogen and oxygen atoms in total. The highest BCUT2D eigenvalue weighted by molar-refractivity contribution is 5.62. The fourth-order valence-electron chi connectivity index (χ4n) is 1.66. The topological polar surface area (TPSA) is 48.4 Å². The first-order chi connectivity index (χ1) is 8.79. The number of aromatic nitrogens is 1. The standard InChI is InChI=1S/C14H17N3O/c1-17(9-10-18)14-11-13(7-8-15-14)16-12-5-3-2-4-6-12/h2-8,11,18H,9-10H2,1H3,(H,15,16). The Kier molecular flexibility index (Phi) is 4.15. The van der Waals surface area contributed by atoms with E-state index in [0.29, 0.717) is 6.54 Å². The van der Waals surface area contributed by atoms with Crippen LogP contribution in [0.3, 0.4) is 0 Å². The fraction of sp³-hybridized carbons (Fsp3) is 0.214. The number of nitrogens with one attached hydrogen (secondary N) is 1. The van der Waals surface area contributed by atoms with Crippen molar-refractivity contribution in [3.05, 3.63) is 48.7 Å². The van der Waals surface area contributed by atoms with Crippen molar-refractivity contribution in [2.45, 2.75) is 0 Å². The van der Waals surface area contributed by atoms with Crippen molar-refractivity contribution < 1.29 is 5.11 Å². The van der Waals surface area contributed by atoms with Gasteiger partial charge in [-0.2, -0.15) is 0 Å². The first kappa shape index (κ1) is 12.4. The molecule has 2 aromatic rings. The van der Waals surface area contributed by atoms with Crippen LogP contribution in [-0.2, 0) is 0 Å². The number of nitrogens with zero attached hydrogens (tertiary/aromatic N) is 2. The number of anilines is 3. The zero-order chi connectivity index (χ0) is 12.8. The van der Waals surface area contributed by atoms with Crippen LogP contribution in [0.2, 0.25) is 0 Å². The van der Waals surface area contributed by atoms with Gasteiger partial charge in [-0.1, -0.05) is 18.2 Å². The van der Waals surface area contributed by atoms with Crippen LogP contribution >= 0.6 is 0 Å². The molecule has 0 saturated carbocycles. The van der Waals surface area contributed by atoms with Crippen molar-refractivity contribution >= 4 is 17.2 Å². The van der Waals surface area contributed by atoms with Gasteiger partial charge in [0.2, 0.25) is 0 Å². The first-order valence-electron chi connectivity index (χ1n) is 5.90. The van der Waals surface area contributed by atoms with Crippen LogP contribution in [-0.4, -0.2) is 30.3 Å². The molecule has 4 heteroatoms. The van der Waals surface area contributed by atoms with E-state index < -0.39 is 0 Å². The molecule has 0 aliphatic heterocycles. The molecule has 1 aromatic carbocycles. The Morgan fingerprint density at radius 2 is 1.94 bits per heavy atom. The highest BCUT2D eigenvalue weighted by atomic mass is 16.3. The molecule has 0 aliphatic rings. The van der Waals surface area contributed by atoms with Gasteiger partial charge in [0.15, 0.2) is 0 Å². The number of aliphatic hydroxyl groups is 1. The first-order valence-corrected chi connectivity index (χ1v) is 5.90. The Labute approximate surface area is 107 Å². The van der Waals surface area contributed by atoms with Crippen molar-refractivity contribution in [3.8, 4) is 0 Å². The molecule has 0 saturated heterocycles. The summed E-state index contributed by atoms with van der Waals surface area (Å²) in [6.45, 7) is 0.691. The van der Waals surface area contributed by atoms with Gasteiger partial charge in [-0.25, -0.2) is 4.98 Å². The lowest BCUT2D eigenvalue weighted by Gasteiger charge is -2.17. The smallest absolute Gasteiger partial charge is 0.130 e. The second-order valence-electron chi connectivity index (χ2n) is 4.04. The number of aliphatic hydroxyl groups excluding tert-OH is 1. The molecule has 0 unspecified atom stereocenters. The summed E-state index contributed by atoms with van der Waals surface area (Å²) < 4.78 is 0. The molecule has 2 N–H and O–H groups in total. The molecule has 1 heterocycles. The molecule has 1 aromatic heterocycles. The SMILES string of the molecule is CN(CCO)c1cc(Nc2ccccc2)ccn1. The average molecular weight is 243 g/mol. The molecule has 0 bridgehead atoms. The van der Waals surface area contributed by atoms with E-state index in [2.05, 4.69) is 10.3 Å². The predicted molar refractivity (Wildman–Crippen MR) is 74.3 cm³/mol. The van der Waals surface area contributed by atoms with Crippen LogP contribution in [0.1, 0.15) is 0 Å². The molecular formula is C14H17N3O. The molecule has 0 radical (unpaired) electrons. The predicted octanol–water partition coefficient (Wildman–Crippen LogP) is 2.25. The lowest BCUT2D eigenvalue weighted by Crippen LogP contribution is -2.22. The van der Waals surface area contributed by atoms with Crippen molar-refractivity contribution in [2.75, 3.05) is 30.4 Å². The Balaban J connectivity index is 2.12. The monoisotopic (exact) mass is 243 g/mol. The van der Waals surface area contributed by atoms with Crippen LogP contribution in [0.4, 0.5) is 17.2 Å². The number of hydrogen-bond acceptors (Lipinski definition) is 4. The van der Waals surface area contributed by atoms with E-state index in [1.807, 2.05) is 54.4 Å². The largest absolute Gasteiger partial charge is 0.395 e. The van der Waals surface area contributed by atoms with Gasteiger partial charge in [-0.05, 0) is 18.2 Å². The van der Waals surface area contributed by atoms with E-state index in [1.54, 1.807) is 6.20 Å². The highest BCUT2D eigenvalue weighted by Crippen LogP contribution is 2.19. The minimum Gasteiger partial charge on any atom is -0.395 e. The van der Waals surface area contributed by atoms with Crippen LogP contribution in [0, 0.1) is 0 Å². The third-order valence-corrected chi connectivity index (χ3v) is 2.63. The van der Waals surface area contributed by atoms with E-state index in [4.69, 9.17) is 5.11 Å². The van der Waals surface area contributed by atoms with Gasteiger partial charge in [-0.15, -0.1) is 0 Å². The molecule has 0 aliphatic carbocycles. The molecule has 0 atom stereocenters. The molecule has 0 fully saturated rings. The summed E-state index contributed by atoms with van der Waals surface area (Å²) in [5.74, 6) is 0.838. The summed E-state index contributed by atoms with van der Waals surface area (Å²) in [4.78, 5) is 6.19. The molecule has 0 amide bonds. The number of likely N-dealkylation sites (N-methyl/N-ethyl adjacent to an activating group) is 1. The Bertz CT molecular complexity index is 487. The van der Waals surface area contributed by atoms with Gasteiger partial charge in [0, 0.05) is 37.2 Å². The summed E-state index contributed by atoms with van der Waals surface area (Å²) >= 11 is 0.